The Morgan fingerprint density at radius 1 is 0.839 bits per heavy atom. The van der Waals surface area contributed by atoms with Gasteiger partial charge in [-0.1, -0.05) is 10.3 Å². The maximum absolute atomic E-state index is 12.6. The standard InChI is InChI=1S/C14H16N6O11/c1-5(2)6(3)7(21)31-20-11(25)16-10(24)19(13(20)27)18-9(23)15-8(22)17(12(18)26)4-14(28,29)30/h28-30H,4H2,1-3H3,(H,15,22,23)(H,16,24,25). The molecule has 2 rings (SSSR count). The van der Waals surface area contributed by atoms with Gasteiger partial charge >= 0.3 is 40.1 Å². The number of nitrogens with one attached hydrogen (secondary N) is 2. The summed E-state index contributed by atoms with van der Waals surface area (Å²) in [5, 5.41) is 27.0. The first-order chi connectivity index (χ1) is 14.2. The number of nitrogens with zero attached hydrogens (tertiary/aromatic N) is 4. The number of carbonyl (C=O) groups excluding carboxylic acids is 1. The number of aromatic nitrogens is 6. The van der Waals surface area contributed by atoms with Crippen LogP contribution in [0.15, 0.2) is 39.9 Å². The van der Waals surface area contributed by atoms with Crippen molar-refractivity contribution in [3.63, 3.8) is 0 Å². The van der Waals surface area contributed by atoms with E-state index in [1.807, 2.05) is 0 Å². The molecule has 0 radical (unpaired) electrons. The van der Waals surface area contributed by atoms with Crippen molar-refractivity contribution in [3.05, 3.63) is 74.1 Å². The zero-order valence-electron chi connectivity index (χ0n) is 16.1. The molecule has 0 spiro atoms. The van der Waals surface area contributed by atoms with Crippen molar-refractivity contribution >= 4 is 5.97 Å². The minimum absolute atomic E-state index is 0.00205. The molecule has 2 heterocycles. The Hall–Kier alpha value is -4.09. The van der Waals surface area contributed by atoms with Gasteiger partial charge in [0.1, 0.15) is 6.54 Å². The molecule has 0 aliphatic heterocycles. The van der Waals surface area contributed by atoms with Crippen molar-refractivity contribution in [2.45, 2.75) is 33.3 Å². The predicted octanol–water partition coefficient (Wildman–Crippen LogP) is -6.04. The molecule has 168 valence electrons. The van der Waals surface area contributed by atoms with Crippen LogP contribution in [0.5, 0.6) is 0 Å². The summed E-state index contributed by atoms with van der Waals surface area (Å²) >= 11 is 0. The highest BCUT2D eigenvalue weighted by Gasteiger charge is 2.25. The molecule has 0 amide bonds. The maximum Gasteiger partial charge on any atom is 0.390 e. The molecule has 0 aliphatic rings. The first-order valence-corrected chi connectivity index (χ1v) is 8.15. The van der Waals surface area contributed by atoms with E-state index < -0.39 is 52.6 Å². The lowest BCUT2D eigenvalue weighted by atomic mass is 10.2. The average Bonchev–Trinajstić information content (AvgIpc) is 2.62. The number of H-pyrrole nitrogens is 2. The fourth-order valence-electron chi connectivity index (χ4n) is 2.10. The van der Waals surface area contributed by atoms with Gasteiger partial charge in [0.2, 0.25) is 0 Å². The van der Waals surface area contributed by atoms with E-state index >= 15 is 0 Å². The lowest BCUT2D eigenvalue weighted by Crippen LogP contribution is -2.62. The van der Waals surface area contributed by atoms with Crippen molar-refractivity contribution in [1.29, 1.82) is 0 Å². The third-order valence-electron chi connectivity index (χ3n) is 3.81. The van der Waals surface area contributed by atoms with Gasteiger partial charge in [0.05, 0.1) is 0 Å². The van der Waals surface area contributed by atoms with Gasteiger partial charge in [0, 0.05) is 5.57 Å². The molecule has 0 saturated carbocycles. The van der Waals surface area contributed by atoms with Crippen LogP contribution in [0.1, 0.15) is 20.8 Å². The van der Waals surface area contributed by atoms with E-state index in [0.717, 1.165) is 0 Å². The average molecular weight is 444 g/mol. The quantitative estimate of drug-likeness (QED) is 0.215. The lowest BCUT2D eigenvalue weighted by molar-refractivity contribution is -0.319. The number of hydrogen-bond acceptors (Lipinski definition) is 11. The normalized spacial score (nSPS) is 11.3. The lowest BCUT2D eigenvalue weighted by Gasteiger charge is -2.15. The third kappa shape index (κ3) is 4.57. The van der Waals surface area contributed by atoms with Gasteiger partial charge in [-0.2, -0.15) is 0 Å². The minimum Gasteiger partial charge on any atom is -0.342 e. The summed E-state index contributed by atoms with van der Waals surface area (Å²) in [5.41, 5.74) is -9.50. The third-order valence-corrected chi connectivity index (χ3v) is 3.81. The molecule has 0 saturated heterocycles. The highest BCUT2D eigenvalue weighted by Crippen LogP contribution is 2.01. The van der Waals surface area contributed by atoms with Crippen molar-refractivity contribution in [2.24, 2.45) is 0 Å². The van der Waals surface area contributed by atoms with E-state index in [0.29, 0.717) is 5.57 Å². The smallest absolute Gasteiger partial charge is 0.342 e. The molecule has 0 bridgehead atoms. The second-order valence-electron chi connectivity index (χ2n) is 6.32. The van der Waals surface area contributed by atoms with E-state index in [-0.39, 0.29) is 24.2 Å². The summed E-state index contributed by atoms with van der Waals surface area (Å²) < 4.78 is -0.989. The molecule has 0 aromatic carbocycles. The van der Waals surface area contributed by atoms with Crippen molar-refractivity contribution < 1.29 is 25.0 Å². The van der Waals surface area contributed by atoms with Gasteiger partial charge in [0.25, 0.3) is 5.97 Å². The molecule has 2 aromatic heterocycles. The van der Waals surface area contributed by atoms with E-state index in [2.05, 4.69) is 4.84 Å². The fourth-order valence-corrected chi connectivity index (χ4v) is 2.10. The van der Waals surface area contributed by atoms with Gasteiger partial charge in [-0.05, 0) is 20.8 Å². The SMILES string of the molecule is CC(C)=C(C)C(=O)On1c(=O)[nH]c(=O)n(-n2c(=O)[nH]c(=O)n(CC(O)(O)O)c2=O)c1=O. The summed E-state index contributed by atoms with van der Waals surface area (Å²) in [5.74, 6) is -4.76. The Labute approximate surface area is 167 Å². The Morgan fingerprint density at radius 2 is 1.32 bits per heavy atom. The van der Waals surface area contributed by atoms with Crippen LogP contribution in [0.25, 0.3) is 0 Å². The Kier molecular flexibility index (Phi) is 5.96. The topological polar surface area (TPSA) is 241 Å². The summed E-state index contributed by atoms with van der Waals surface area (Å²) in [7, 11) is 0. The fraction of sp³-hybridized carbons (Fsp3) is 0.357. The number of carbonyl (C=O) groups is 1. The molecule has 0 fully saturated rings. The van der Waals surface area contributed by atoms with E-state index in [4.69, 9.17) is 15.3 Å². The number of aromatic amines is 2. The largest absolute Gasteiger partial charge is 0.390 e. The van der Waals surface area contributed by atoms with E-state index in [1.54, 1.807) is 0 Å². The van der Waals surface area contributed by atoms with Gasteiger partial charge in [0.15, 0.2) is 0 Å². The van der Waals surface area contributed by atoms with Crippen molar-refractivity contribution in [3.8, 4) is 0 Å². The molecule has 17 nitrogen and oxygen atoms in total. The highest BCUT2D eigenvalue weighted by molar-refractivity contribution is 5.88. The Balaban J connectivity index is 2.87. The molecule has 31 heavy (non-hydrogen) atoms. The van der Waals surface area contributed by atoms with Crippen LogP contribution in [0.3, 0.4) is 0 Å². The van der Waals surface area contributed by atoms with Crippen LogP contribution in [0.2, 0.25) is 0 Å². The van der Waals surface area contributed by atoms with E-state index in [1.165, 1.54) is 30.7 Å². The maximum atomic E-state index is 12.6. The highest BCUT2D eigenvalue weighted by atomic mass is 16.7. The summed E-state index contributed by atoms with van der Waals surface area (Å²) in [4.78, 5) is 92.6. The first-order valence-electron chi connectivity index (χ1n) is 8.15. The number of aliphatic hydroxyl groups is 3. The predicted molar refractivity (Wildman–Crippen MR) is 97.0 cm³/mol. The van der Waals surface area contributed by atoms with Crippen LogP contribution >= 0.6 is 0 Å². The van der Waals surface area contributed by atoms with Gasteiger partial charge in [-0.25, -0.2) is 38.1 Å². The monoisotopic (exact) mass is 444 g/mol. The molecule has 0 aliphatic carbocycles. The molecular weight excluding hydrogens is 428 g/mol. The Bertz CT molecular complexity index is 1430. The van der Waals surface area contributed by atoms with Crippen molar-refractivity contribution in [1.82, 2.24) is 28.6 Å². The summed E-state index contributed by atoms with van der Waals surface area (Å²) in [6.45, 7) is 2.86. The van der Waals surface area contributed by atoms with Crippen LogP contribution in [0.4, 0.5) is 0 Å². The molecule has 0 unspecified atom stereocenters. The second-order valence-corrected chi connectivity index (χ2v) is 6.32. The molecule has 2 aromatic rings. The molecule has 5 N–H and O–H groups in total. The molecule has 17 heteroatoms. The zero-order valence-corrected chi connectivity index (χ0v) is 16.1. The second kappa shape index (κ2) is 7.97. The van der Waals surface area contributed by atoms with Gasteiger partial charge < -0.3 is 20.2 Å². The summed E-state index contributed by atoms with van der Waals surface area (Å²) in [6.07, 6.45) is 0. The first kappa shape index (κ1) is 23.2. The molecular formula is C14H16N6O11. The van der Waals surface area contributed by atoms with Gasteiger partial charge in [-0.15, -0.1) is 9.35 Å². The summed E-state index contributed by atoms with van der Waals surface area (Å²) in [6, 6.07) is 0. The van der Waals surface area contributed by atoms with Crippen LogP contribution < -0.4 is 39.0 Å². The van der Waals surface area contributed by atoms with Crippen LogP contribution in [0, 0.1) is 0 Å². The zero-order chi connectivity index (χ0) is 23.8. The Morgan fingerprint density at radius 3 is 1.81 bits per heavy atom. The van der Waals surface area contributed by atoms with Crippen molar-refractivity contribution in [2.75, 3.05) is 0 Å². The van der Waals surface area contributed by atoms with Gasteiger partial charge in [-0.3, -0.25) is 9.97 Å². The minimum atomic E-state index is -3.59. The number of allylic oxidation sites excluding steroid dienone is 1. The number of rotatable bonds is 5. The van der Waals surface area contributed by atoms with Crippen LogP contribution in [-0.2, 0) is 11.3 Å². The van der Waals surface area contributed by atoms with E-state index in [9.17, 15) is 33.6 Å². The molecule has 0 atom stereocenters. The number of hydrogen-bond donors (Lipinski definition) is 5. The van der Waals surface area contributed by atoms with Crippen LogP contribution in [-0.4, -0.2) is 55.9 Å².